The van der Waals surface area contributed by atoms with Crippen LogP contribution in [0.25, 0.3) is 5.57 Å². The summed E-state index contributed by atoms with van der Waals surface area (Å²) >= 11 is 7.25. The second-order valence-corrected chi connectivity index (χ2v) is 6.90. The fraction of sp³-hybridized carbons (Fsp3) is 0.158. The molecule has 2 aromatic carbocycles. The van der Waals surface area contributed by atoms with E-state index in [1.54, 1.807) is 24.3 Å². The summed E-state index contributed by atoms with van der Waals surface area (Å²) < 4.78 is 5.02. The third-order valence-electron chi connectivity index (χ3n) is 3.74. The van der Waals surface area contributed by atoms with E-state index >= 15 is 0 Å². The predicted octanol–water partition coefficient (Wildman–Crippen LogP) is 3.86. The monoisotopic (exact) mass is 373 g/mol. The average Bonchev–Trinajstić information content (AvgIpc) is 2.85. The van der Waals surface area contributed by atoms with E-state index in [-0.39, 0.29) is 18.4 Å². The second-order valence-electron chi connectivity index (χ2n) is 5.38. The first-order valence-corrected chi connectivity index (χ1v) is 8.89. The molecule has 0 fully saturated rings. The van der Waals surface area contributed by atoms with E-state index < -0.39 is 0 Å². The number of imide groups is 1. The van der Waals surface area contributed by atoms with Crippen molar-refractivity contribution in [1.82, 2.24) is 4.90 Å². The predicted molar refractivity (Wildman–Crippen MR) is 99.3 cm³/mol. The van der Waals surface area contributed by atoms with Gasteiger partial charge in [-0.2, -0.15) is 0 Å². The summed E-state index contributed by atoms with van der Waals surface area (Å²) in [6.45, 7) is 0.527. The SMILES string of the molecule is COCCN1C(=O)C(Sc2ccccc2)=C(c2ccc(Cl)cc2)C1=O. The molecule has 25 heavy (non-hydrogen) atoms. The fourth-order valence-electron chi connectivity index (χ4n) is 2.51. The molecule has 1 aliphatic heterocycles. The number of rotatable bonds is 6. The highest BCUT2D eigenvalue weighted by Gasteiger charge is 2.39. The molecule has 6 heteroatoms. The molecule has 0 bridgehead atoms. The molecule has 2 aromatic rings. The summed E-state index contributed by atoms with van der Waals surface area (Å²) in [4.78, 5) is 28.2. The number of halogens is 1. The van der Waals surface area contributed by atoms with Gasteiger partial charge in [0.15, 0.2) is 0 Å². The van der Waals surface area contributed by atoms with Gasteiger partial charge < -0.3 is 4.74 Å². The Morgan fingerprint density at radius 2 is 1.68 bits per heavy atom. The second kappa shape index (κ2) is 7.87. The van der Waals surface area contributed by atoms with Crippen molar-refractivity contribution in [3.8, 4) is 0 Å². The van der Waals surface area contributed by atoms with Crippen LogP contribution in [0.2, 0.25) is 5.02 Å². The summed E-state index contributed by atoms with van der Waals surface area (Å²) in [6.07, 6.45) is 0. The van der Waals surface area contributed by atoms with Gasteiger partial charge in [-0.25, -0.2) is 0 Å². The Morgan fingerprint density at radius 1 is 1.00 bits per heavy atom. The van der Waals surface area contributed by atoms with Crippen molar-refractivity contribution < 1.29 is 14.3 Å². The molecule has 0 atom stereocenters. The van der Waals surface area contributed by atoms with Crippen molar-refractivity contribution in [2.75, 3.05) is 20.3 Å². The largest absolute Gasteiger partial charge is 0.383 e. The van der Waals surface area contributed by atoms with Gasteiger partial charge in [-0.1, -0.05) is 53.7 Å². The molecular formula is C19H16ClNO3S. The number of amides is 2. The lowest BCUT2D eigenvalue weighted by molar-refractivity contribution is -0.137. The molecule has 4 nitrogen and oxygen atoms in total. The number of hydrogen-bond acceptors (Lipinski definition) is 4. The van der Waals surface area contributed by atoms with Crippen molar-refractivity contribution in [3.63, 3.8) is 0 Å². The molecular weight excluding hydrogens is 358 g/mol. The number of ether oxygens (including phenoxy) is 1. The molecule has 0 unspecified atom stereocenters. The van der Waals surface area contributed by atoms with Crippen molar-refractivity contribution in [2.24, 2.45) is 0 Å². The number of carbonyl (C=O) groups is 2. The topological polar surface area (TPSA) is 46.6 Å². The lowest BCUT2D eigenvalue weighted by atomic mass is 10.1. The number of nitrogens with zero attached hydrogens (tertiary/aromatic N) is 1. The first-order valence-electron chi connectivity index (χ1n) is 7.70. The molecule has 128 valence electrons. The molecule has 0 spiro atoms. The zero-order chi connectivity index (χ0) is 17.8. The molecule has 0 aliphatic carbocycles. The summed E-state index contributed by atoms with van der Waals surface area (Å²) in [6, 6.07) is 16.5. The van der Waals surface area contributed by atoms with Gasteiger partial charge >= 0.3 is 0 Å². The molecule has 0 N–H and O–H groups in total. The minimum Gasteiger partial charge on any atom is -0.383 e. The van der Waals surface area contributed by atoms with Gasteiger partial charge in [0, 0.05) is 17.0 Å². The number of hydrogen-bond donors (Lipinski definition) is 0. The Balaban J connectivity index is 2.02. The van der Waals surface area contributed by atoms with Crippen LogP contribution < -0.4 is 0 Å². The van der Waals surface area contributed by atoms with Gasteiger partial charge in [-0.3, -0.25) is 14.5 Å². The summed E-state index contributed by atoms with van der Waals surface area (Å²) in [7, 11) is 1.54. The van der Waals surface area contributed by atoms with Crippen LogP contribution in [0.15, 0.2) is 64.4 Å². The quantitative estimate of drug-likeness (QED) is 0.721. The Hall–Kier alpha value is -2.08. The number of methoxy groups -OCH3 is 1. The van der Waals surface area contributed by atoms with Gasteiger partial charge in [-0.15, -0.1) is 0 Å². The van der Waals surface area contributed by atoms with Crippen molar-refractivity contribution in [3.05, 3.63) is 70.1 Å². The van der Waals surface area contributed by atoms with Gasteiger partial charge in [-0.05, 0) is 29.8 Å². The minimum atomic E-state index is -0.303. The molecule has 0 aromatic heterocycles. The smallest absolute Gasteiger partial charge is 0.268 e. The van der Waals surface area contributed by atoms with Gasteiger partial charge in [0.05, 0.1) is 23.6 Å². The van der Waals surface area contributed by atoms with Crippen molar-refractivity contribution in [1.29, 1.82) is 0 Å². The summed E-state index contributed by atoms with van der Waals surface area (Å²) in [5.74, 6) is -0.594. The van der Waals surface area contributed by atoms with E-state index in [0.717, 1.165) is 4.90 Å². The Bertz CT molecular complexity index is 818. The number of thioether (sulfide) groups is 1. The molecule has 0 saturated carbocycles. The van der Waals surface area contributed by atoms with E-state index in [4.69, 9.17) is 16.3 Å². The van der Waals surface area contributed by atoms with E-state index in [1.807, 2.05) is 30.3 Å². The van der Waals surface area contributed by atoms with Crippen LogP contribution in [0.3, 0.4) is 0 Å². The zero-order valence-electron chi connectivity index (χ0n) is 13.6. The van der Waals surface area contributed by atoms with Crippen LogP contribution in [0.1, 0.15) is 5.56 Å². The first-order chi connectivity index (χ1) is 12.1. The normalized spacial score (nSPS) is 14.6. The van der Waals surface area contributed by atoms with Crippen LogP contribution in [0, 0.1) is 0 Å². The lowest BCUT2D eigenvalue weighted by Crippen LogP contribution is -2.34. The Kier molecular flexibility index (Phi) is 5.58. The Labute approximate surface area is 155 Å². The van der Waals surface area contributed by atoms with Crippen molar-refractivity contribution >= 4 is 40.8 Å². The van der Waals surface area contributed by atoms with Crippen LogP contribution in [-0.4, -0.2) is 37.0 Å². The highest BCUT2D eigenvalue weighted by Crippen LogP contribution is 2.39. The molecule has 2 amide bonds. The van der Waals surface area contributed by atoms with Gasteiger partial charge in [0.2, 0.25) is 0 Å². The highest BCUT2D eigenvalue weighted by atomic mass is 35.5. The maximum Gasteiger partial charge on any atom is 0.268 e. The van der Waals surface area contributed by atoms with Crippen LogP contribution in [0.5, 0.6) is 0 Å². The van der Waals surface area contributed by atoms with E-state index in [0.29, 0.717) is 27.7 Å². The summed E-state index contributed by atoms with van der Waals surface area (Å²) in [5.41, 5.74) is 1.09. The number of benzene rings is 2. The summed E-state index contributed by atoms with van der Waals surface area (Å²) in [5, 5.41) is 0.578. The van der Waals surface area contributed by atoms with Crippen LogP contribution in [0.4, 0.5) is 0 Å². The number of carbonyl (C=O) groups excluding carboxylic acids is 2. The third kappa shape index (κ3) is 3.79. The average molecular weight is 374 g/mol. The van der Waals surface area contributed by atoms with Crippen molar-refractivity contribution in [2.45, 2.75) is 4.90 Å². The molecule has 1 aliphatic rings. The van der Waals surface area contributed by atoms with Gasteiger partial charge in [0.25, 0.3) is 11.8 Å². The minimum absolute atomic E-state index is 0.226. The molecule has 3 rings (SSSR count). The van der Waals surface area contributed by atoms with E-state index in [9.17, 15) is 9.59 Å². The Morgan fingerprint density at radius 3 is 2.32 bits per heavy atom. The van der Waals surface area contributed by atoms with Crippen LogP contribution in [-0.2, 0) is 14.3 Å². The molecule has 0 radical (unpaired) electrons. The van der Waals surface area contributed by atoms with Crippen LogP contribution >= 0.6 is 23.4 Å². The van der Waals surface area contributed by atoms with Gasteiger partial charge in [0.1, 0.15) is 0 Å². The lowest BCUT2D eigenvalue weighted by Gasteiger charge is -2.14. The maximum atomic E-state index is 12.9. The fourth-order valence-corrected chi connectivity index (χ4v) is 3.67. The standard InChI is InChI=1S/C19H16ClNO3S/c1-24-12-11-21-18(22)16(13-7-9-14(20)10-8-13)17(19(21)23)25-15-5-3-2-4-6-15/h2-10H,11-12H2,1H3. The third-order valence-corrected chi connectivity index (χ3v) is 5.08. The van der Waals surface area contributed by atoms with E-state index in [2.05, 4.69) is 0 Å². The molecule has 0 saturated heterocycles. The van der Waals surface area contributed by atoms with E-state index in [1.165, 1.54) is 23.8 Å². The zero-order valence-corrected chi connectivity index (χ0v) is 15.1. The highest BCUT2D eigenvalue weighted by molar-refractivity contribution is 8.04. The first kappa shape index (κ1) is 17.7. The maximum absolute atomic E-state index is 12.9. The molecule has 1 heterocycles.